The second-order valence-corrected chi connectivity index (χ2v) is 19.9. The lowest BCUT2D eigenvalue weighted by Crippen LogP contribution is -2.48. The molecule has 0 saturated carbocycles. The number of sulfonamides is 1. The van der Waals surface area contributed by atoms with Crippen molar-refractivity contribution in [3.05, 3.63) is 130 Å². The van der Waals surface area contributed by atoms with Crippen LogP contribution in [-0.4, -0.2) is 88.9 Å². The molecule has 7 rings (SSSR count). The molecule has 6 atom stereocenters. The van der Waals surface area contributed by atoms with Gasteiger partial charge in [-0.3, -0.25) is 0 Å². The molecule has 1 saturated heterocycles. The van der Waals surface area contributed by atoms with E-state index in [1.807, 2.05) is 36.4 Å². The van der Waals surface area contributed by atoms with Crippen molar-refractivity contribution in [2.45, 2.75) is 81.9 Å². The summed E-state index contributed by atoms with van der Waals surface area (Å²) in [4.78, 5) is 14.9. The molecule has 2 heterocycles. The Kier molecular flexibility index (Phi) is 14.7. The van der Waals surface area contributed by atoms with Crippen molar-refractivity contribution in [3.8, 4) is 17.2 Å². The summed E-state index contributed by atoms with van der Waals surface area (Å²) < 4.78 is 74.7. The molecule has 4 aromatic carbocycles. The van der Waals surface area contributed by atoms with Gasteiger partial charge in [0.25, 0.3) is 0 Å². The Balaban J connectivity index is 1.08. The third kappa shape index (κ3) is 10.3. The lowest BCUT2D eigenvalue weighted by molar-refractivity contribution is -0.00974. The summed E-state index contributed by atoms with van der Waals surface area (Å²) in [7, 11) is 0.565. The summed E-state index contributed by atoms with van der Waals surface area (Å²) in [5.74, 6) is -0.0969. The van der Waals surface area contributed by atoms with E-state index in [-0.39, 0.29) is 25.4 Å². The van der Waals surface area contributed by atoms with Crippen LogP contribution >= 0.6 is 11.6 Å². The zero-order valence-electron chi connectivity index (χ0n) is 36.6. The SMILES string of the molecule is COC(=O)c1ccc2c(c1)N(C[C@@H]1CCO[C@H]1C(O)/C(F)=C/C[C@H](C)[C@@H](C)S(=O)(=O)N(Cc1ccc(OC)cc1)Cc1ccc(OC)cc1)C[C@@]1(CCCc3cc(Cl)ccc31)CO2. The molecule has 2 aliphatic heterocycles. The topological polar surface area (TPSA) is 124 Å². The smallest absolute Gasteiger partial charge is 0.337 e. The Bertz CT molecular complexity index is 2310. The number of methoxy groups -OCH3 is 3. The van der Waals surface area contributed by atoms with Gasteiger partial charge in [-0.05, 0) is 128 Å². The molecule has 4 aromatic rings. The first-order valence-corrected chi connectivity index (χ1v) is 23.4. The molecular formula is C49H58ClFN2O9S. The van der Waals surface area contributed by atoms with Gasteiger partial charge in [0, 0.05) is 49.1 Å². The van der Waals surface area contributed by atoms with Gasteiger partial charge < -0.3 is 33.7 Å². The fourth-order valence-electron chi connectivity index (χ4n) is 9.24. The molecular weight excluding hydrogens is 847 g/mol. The minimum absolute atomic E-state index is 0.0681. The van der Waals surface area contributed by atoms with E-state index in [0.717, 1.165) is 30.4 Å². The van der Waals surface area contributed by atoms with Crippen LogP contribution in [0.2, 0.25) is 5.02 Å². The molecule has 11 nitrogen and oxygen atoms in total. The maximum atomic E-state index is 16.2. The number of anilines is 1. The quantitative estimate of drug-likeness (QED) is 0.109. The first kappa shape index (κ1) is 46.3. The normalized spacial score (nSPS) is 21.5. The number of carbonyl (C=O) groups excluding carboxylic acids is 1. The number of nitrogens with zero attached hydrogens (tertiary/aromatic N) is 2. The molecule has 1 spiro atoms. The molecule has 3 aliphatic rings. The van der Waals surface area contributed by atoms with Gasteiger partial charge in [0.15, 0.2) is 0 Å². The monoisotopic (exact) mass is 904 g/mol. The van der Waals surface area contributed by atoms with Gasteiger partial charge in [-0.25, -0.2) is 17.6 Å². The standard InChI is InChI=1S/C49H58ClFN2O9S/c1-32(33(2)63(56,57)53(27-34-9-15-40(58-3)16-10-34)28-35-11-17-41(59-4)18-12-35)8-20-43(51)46(54)47-38(22-24-61-47)29-52-30-49(23-6-7-36-25-39(50)14-19-42(36)49)31-62-45-21-13-37(26-44(45)52)48(55)60-5/h9-21,25-26,32-33,38,46-47,54H,6-8,22-24,27-31H2,1-5H3/b43-20-/t32-,33+,38-,46?,47+,49-/m0/s1. The van der Waals surface area contributed by atoms with Gasteiger partial charge >= 0.3 is 5.97 Å². The summed E-state index contributed by atoms with van der Waals surface area (Å²) in [6, 6.07) is 25.8. The van der Waals surface area contributed by atoms with E-state index in [4.69, 9.17) is 35.3 Å². The number of hydrogen-bond acceptors (Lipinski definition) is 10. The number of halogens is 2. The third-order valence-electron chi connectivity index (χ3n) is 13.1. The highest BCUT2D eigenvalue weighted by molar-refractivity contribution is 7.89. The number of benzene rings is 4. The summed E-state index contributed by atoms with van der Waals surface area (Å²) in [6.07, 6.45) is 2.21. The van der Waals surface area contributed by atoms with Gasteiger partial charge in [0.2, 0.25) is 10.0 Å². The minimum Gasteiger partial charge on any atom is -0.497 e. The zero-order valence-corrected chi connectivity index (χ0v) is 38.2. The summed E-state index contributed by atoms with van der Waals surface area (Å²) >= 11 is 6.45. The Hall–Kier alpha value is -4.66. The maximum Gasteiger partial charge on any atom is 0.337 e. The van der Waals surface area contributed by atoms with E-state index in [1.165, 1.54) is 28.6 Å². The van der Waals surface area contributed by atoms with Crippen molar-refractivity contribution >= 4 is 33.3 Å². The fourth-order valence-corrected chi connectivity index (χ4v) is 11.3. The molecule has 1 aliphatic carbocycles. The summed E-state index contributed by atoms with van der Waals surface area (Å²) in [5.41, 5.74) is 4.62. The number of hydrogen-bond donors (Lipinski definition) is 1. The van der Waals surface area contributed by atoms with Crippen LogP contribution in [0.1, 0.15) is 72.1 Å². The van der Waals surface area contributed by atoms with Crippen molar-refractivity contribution in [1.82, 2.24) is 4.31 Å². The van der Waals surface area contributed by atoms with E-state index in [2.05, 4.69) is 11.0 Å². The average molecular weight is 906 g/mol. The Labute approximate surface area is 375 Å². The van der Waals surface area contributed by atoms with E-state index in [9.17, 15) is 18.3 Å². The Morgan fingerprint density at radius 3 is 2.29 bits per heavy atom. The van der Waals surface area contributed by atoms with Crippen LogP contribution in [-0.2, 0) is 44.4 Å². The van der Waals surface area contributed by atoms with Crippen molar-refractivity contribution in [1.29, 1.82) is 0 Å². The van der Waals surface area contributed by atoms with E-state index in [0.29, 0.717) is 66.2 Å². The molecule has 338 valence electrons. The van der Waals surface area contributed by atoms with Crippen molar-refractivity contribution in [3.63, 3.8) is 0 Å². The van der Waals surface area contributed by atoms with Crippen LogP contribution in [0.15, 0.2) is 96.8 Å². The molecule has 1 fully saturated rings. The second-order valence-electron chi connectivity index (χ2n) is 17.1. The van der Waals surface area contributed by atoms with Gasteiger partial charge in [-0.1, -0.05) is 48.9 Å². The number of aryl methyl sites for hydroxylation is 1. The molecule has 0 aromatic heterocycles. The molecule has 63 heavy (non-hydrogen) atoms. The highest BCUT2D eigenvalue weighted by atomic mass is 35.5. The first-order valence-electron chi connectivity index (χ1n) is 21.5. The minimum atomic E-state index is -3.93. The predicted octanol–water partition coefficient (Wildman–Crippen LogP) is 8.68. The third-order valence-corrected chi connectivity index (χ3v) is 15.7. The molecule has 0 amide bonds. The van der Waals surface area contributed by atoms with Crippen molar-refractivity contribution in [2.75, 3.05) is 52.5 Å². The number of ether oxygens (including phenoxy) is 5. The number of rotatable bonds is 16. The van der Waals surface area contributed by atoms with Crippen LogP contribution in [0.4, 0.5) is 10.1 Å². The first-order chi connectivity index (χ1) is 30.2. The van der Waals surface area contributed by atoms with Crippen LogP contribution in [0.3, 0.4) is 0 Å². The molecule has 14 heteroatoms. The number of fused-ring (bicyclic) bond motifs is 3. The Morgan fingerprint density at radius 2 is 1.65 bits per heavy atom. The largest absolute Gasteiger partial charge is 0.497 e. The lowest BCUT2D eigenvalue weighted by Gasteiger charge is -2.41. The zero-order chi connectivity index (χ0) is 44.9. The number of esters is 1. The van der Waals surface area contributed by atoms with Gasteiger partial charge in [-0.2, -0.15) is 4.31 Å². The van der Waals surface area contributed by atoms with Gasteiger partial charge in [0.05, 0.1) is 50.5 Å². The number of allylic oxidation sites excluding steroid dienone is 1. The van der Waals surface area contributed by atoms with E-state index < -0.39 is 50.6 Å². The van der Waals surface area contributed by atoms with Gasteiger partial charge in [-0.15, -0.1) is 0 Å². The lowest BCUT2D eigenvalue weighted by atomic mass is 9.70. The molecule has 0 radical (unpaired) electrons. The van der Waals surface area contributed by atoms with E-state index in [1.54, 1.807) is 70.5 Å². The summed E-state index contributed by atoms with van der Waals surface area (Å²) in [5, 5.41) is 11.4. The van der Waals surface area contributed by atoms with Crippen LogP contribution in [0, 0.1) is 11.8 Å². The fraction of sp³-hybridized carbons (Fsp3) is 0.449. The predicted molar refractivity (Wildman–Crippen MR) is 242 cm³/mol. The average Bonchev–Trinajstić information content (AvgIpc) is 3.71. The molecule has 0 bridgehead atoms. The maximum absolute atomic E-state index is 16.2. The number of carbonyl (C=O) groups is 1. The van der Waals surface area contributed by atoms with Crippen molar-refractivity contribution in [2.24, 2.45) is 11.8 Å². The molecule has 1 unspecified atom stereocenters. The number of aliphatic hydroxyl groups excluding tert-OH is 1. The second kappa shape index (κ2) is 20.0. The summed E-state index contributed by atoms with van der Waals surface area (Å²) in [6.45, 7) is 5.36. The van der Waals surface area contributed by atoms with E-state index >= 15 is 4.39 Å². The molecule has 1 N–H and O–H groups in total. The highest BCUT2D eigenvalue weighted by Gasteiger charge is 2.44. The van der Waals surface area contributed by atoms with Crippen LogP contribution in [0.5, 0.6) is 17.2 Å². The van der Waals surface area contributed by atoms with Gasteiger partial charge in [0.1, 0.15) is 29.2 Å². The number of aliphatic hydroxyl groups is 1. The Morgan fingerprint density at radius 1 is 0.984 bits per heavy atom. The van der Waals surface area contributed by atoms with Crippen LogP contribution < -0.4 is 19.1 Å². The highest BCUT2D eigenvalue weighted by Crippen LogP contribution is 2.45. The van der Waals surface area contributed by atoms with Crippen LogP contribution in [0.25, 0.3) is 0 Å². The van der Waals surface area contributed by atoms with Crippen molar-refractivity contribution < 1.29 is 46.4 Å².